The number of halogens is 1. The first-order chi connectivity index (χ1) is 8.60. The third-order valence-electron chi connectivity index (χ3n) is 2.16. The lowest BCUT2D eigenvalue weighted by atomic mass is 10.3. The SMILES string of the molecule is COc1cc(NC(=O)c2csc(N)n2)ccc1Br. The van der Waals surface area contributed by atoms with Gasteiger partial charge in [0.1, 0.15) is 11.4 Å². The Morgan fingerprint density at radius 1 is 1.56 bits per heavy atom. The number of nitrogen functional groups attached to an aromatic ring is 1. The Hall–Kier alpha value is -1.60. The first kappa shape index (κ1) is 12.8. The van der Waals surface area contributed by atoms with Crippen LogP contribution in [0.1, 0.15) is 10.5 Å². The Kier molecular flexibility index (Phi) is 3.83. The molecule has 1 heterocycles. The zero-order valence-electron chi connectivity index (χ0n) is 9.44. The molecule has 2 aromatic rings. The van der Waals surface area contributed by atoms with E-state index in [4.69, 9.17) is 10.5 Å². The molecule has 1 amide bonds. The molecule has 0 saturated heterocycles. The van der Waals surface area contributed by atoms with Crippen LogP contribution in [0.2, 0.25) is 0 Å². The molecular formula is C11H10BrN3O2S. The van der Waals surface area contributed by atoms with Gasteiger partial charge >= 0.3 is 0 Å². The van der Waals surface area contributed by atoms with E-state index in [1.165, 1.54) is 11.3 Å². The molecule has 2 rings (SSSR count). The molecular weight excluding hydrogens is 318 g/mol. The van der Waals surface area contributed by atoms with E-state index >= 15 is 0 Å². The number of anilines is 2. The molecule has 0 unspecified atom stereocenters. The average molecular weight is 328 g/mol. The number of ether oxygens (including phenoxy) is 1. The van der Waals surface area contributed by atoms with Crippen molar-refractivity contribution in [2.45, 2.75) is 0 Å². The predicted octanol–water partition coefficient (Wildman–Crippen LogP) is 2.75. The summed E-state index contributed by atoms with van der Waals surface area (Å²) < 4.78 is 5.97. The summed E-state index contributed by atoms with van der Waals surface area (Å²) in [6.07, 6.45) is 0. The van der Waals surface area contributed by atoms with Crippen LogP contribution in [0.25, 0.3) is 0 Å². The molecule has 3 N–H and O–H groups in total. The number of nitrogens with two attached hydrogens (primary N) is 1. The van der Waals surface area contributed by atoms with Crippen LogP contribution in [0, 0.1) is 0 Å². The smallest absolute Gasteiger partial charge is 0.275 e. The third-order valence-corrected chi connectivity index (χ3v) is 3.49. The van der Waals surface area contributed by atoms with Crippen molar-refractivity contribution in [1.29, 1.82) is 0 Å². The number of carbonyl (C=O) groups is 1. The van der Waals surface area contributed by atoms with E-state index in [-0.39, 0.29) is 5.91 Å². The van der Waals surface area contributed by atoms with Gasteiger partial charge in [0.25, 0.3) is 5.91 Å². The fourth-order valence-electron chi connectivity index (χ4n) is 1.32. The molecule has 0 fully saturated rings. The van der Waals surface area contributed by atoms with Gasteiger partial charge in [0.15, 0.2) is 5.13 Å². The maximum Gasteiger partial charge on any atom is 0.275 e. The van der Waals surface area contributed by atoms with E-state index in [1.807, 2.05) is 0 Å². The van der Waals surface area contributed by atoms with Crippen LogP contribution in [0.4, 0.5) is 10.8 Å². The summed E-state index contributed by atoms with van der Waals surface area (Å²) in [6.45, 7) is 0. The van der Waals surface area contributed by atoms with Crippen LogP contribution in [0.15, 0.2) is 28.1 Å². The summed E-state index contributed by atoms with van der Waals surface area (Å²) in [4.78, 5) is 15.7. The monoisotopic (exact) mass is 327 g/mol. The number of benzene rings is 1. The molecule has 0 atom stereocenters. The Balaban J connectivity index is 2.16. The quantitative estimate of drug-likeness (QED) is 0.908. The molecule has 0 aliphatic rings. The normalized spacial score (nSPS) is 10.1. The van der Waals surface area contributed by atoms with Gasteiger partial charge in [-0.25, -0.2) is 4.98 Å². The number of rotatable bonds is 3. The highest BCUT2D eigenvalue weighted by Gasteiger charge is 2.11. The van der Waals surface area contributed by atoms with Crippen molar-refractivity contribution in [3.63, 3.8) is 0 Å². The van der Waals surface area contributed by atoms with Gasteiger partial charge in [-0.3, -0.25) is 4.79 Å². The predicted molar refractivity (Wildman–Crippen MR) is 75.2 cm³/mol. The van der Waals surface area contributed by atoms with Crippen LogP contribution in [0.3, 0.4) is 0 Å². The number of nitrogens with one attached hydrogen (secondary N) is 1. The topological polar surface area (TPSA) is 77.2 Å². The van der Waals surface area contributed by atoms with Gasteiger partial charge in [-0.15, -0.1) is 11.3 Å². The minimum Gasteiger partial charge on any atom is -0.495 e. The van der Waals surface area contributed by atoms with Crippen molar-refractivity contribution in [2.75, 3.05) is 18.2 Å². The highest BCUT2D eigenvalue weighted by molar-refractivity contribution is 9.10. The number of aromatic nitrogens is 1. The van der Waals surface area contributed by atoms with Gasteiger partial charge in [-0.05, 0) is 28.1 Å². The summed E-state index contributed by atoms with van der Waals surface area (Å²) in [6, 6.07) is 5.28. The summed E-state index contributed by atoms with van der Waals surface area (Å²) in [5.41, 5.74) is 6.41. The molecule has 0 aliphatic carbocycles. The van der Waals surface area contributed by atoms with E-state index in [1.54, 1.807) is 30.7 Å². The van der Waals surface area contributed by atoms with Crippen molar-refractivity contribution in [3.8, 4) is 5.75 Å². The zero-order chi connectivity index (χ0) is 13.1. The number of hydrogen-bond donors (Lipinski definition) is 2. The average Bonchev–Trinajstić information content (AvgIpc) is 2.78. The van der Waals surface area contributed by atoms with E-state index in [0.29, 0.717) is 22.3 Å². The Morgan fingerprint density at radius 2 is 2.33 bits per heavy atom. The largest absolute Gasteiger partial charge is 0.495 e. The first-order valence-electron chi connectivity index (χ1n) is 4.96. The second-order valence-corrected chi connectivity index (χ2v) is 5.12. The lowest BCUT2D eigenvalue weighted by Gasteiger charge is -2.07. The molecule has 18 heavy (non-hydrogen) atoms. The van der Waals surface area contributed by atoms with Crippen LogP contribution < -0.4 is 15.8 Å². The molecule has 1 aromatic heterocycles. The van der Waals surface area contributed by atoms with E-state index in [0.717, 1.165) is 4.47 Å². The molecule has 0 spiro atoms. The van der Waals surface area contributed by atoms with Crippen molar-refractivity contribution < 1.29 is 9.53 Å². The Labute approximate surface area is 116 Å². The second kappa shape index (κ2) is 5.36. The first-order valence-corrected chi connectivity index (χ1v) is 6.63. The van der Waals surface area contributed by atoms with E-state index < -0.39 is 0 Å². The molecule has 0 bridgehead atoms. The van der Waals surface area contributed by atoms with E-state index in [2.05, 4.69) is 26.2 Å². The van der Waals surface area contributed by atoms with Crippen molar-refractivity contribution in [1.82, 2.24) is 4.98 Å². The summed E-state index contributed by atoms with van der Waals surface area (Å²) in [5.74, 6) is 0.345. The lowest BCUT2D eigenvalue weighted by Crippen LogP contribution is -2.12. The van der Waals surface area contributed by atoms with Crippen molar-refractivity contribution >= 4 is 44.0 Å². The number of amides is 1. The minimum absolute atomic E-state index is 0.299. The molecule has 0 radical (unpaired) electrons. The maximum atomic E-state index is 11.8. The van der Waals surface area contributed by atoms with E-state index in [9.17, 15) is 4.79 Å². The Bertz CT molecular complexity index is 585. The minimum atomic E-state index is -0.299. The highest BCUT2D eigenvalue weighted by atomic mass is 79.9. The van der Waals surface area contributed by atoms with Crippen LogP contribution in [0.5, 0.6) is 5.75 Å². The molecule has 0 aliphatic heterocycles. The zero-order valence-corrected chi connectivity index (χ0v) is 11.8. The summed E-state index contributed by atoms with van der Waals surface area (Å²) >= 11 is 4.57. The number of carbonyl (C=O) groups excluding carboxylic acids is 1. The molecule has 0 saturated carbocycles. The summed E-state index contributed by atoms with van der Waals surface area (Å²) in [7, 11) is 1.56. The van der Waals surface area contributed by atoms with Crippen LogP contribution >= 0.6 is 27.3 Å². The fourth-order valence-corrected chi connectivity index (χ4v) is 2.28. The Morgan fingerprint density at radius 3 is 2.94 bits per heavy atom. The summed E-state index contributed by atoms with van der Waals surface area (Å²) in [5, 5.41) is 4.70. The van der Waals surface area contributed by atoms with Crippen LogP contribution in [-0.2, 0) is 0 Å². The van der Waals surface area contributed by atoms with Gasteiger partial charge in [-0.1, -0.05) is 0 Å². The van der Waals surface area contributed by atoms with Crippen molar-refractivity contribution in [3.05, 3.63) is 33.7 Å². The standard InChI is InChI=1S/C11H10BrN3O2S/c1-17-9-4-6(2-3-7(9)12)14-10(16)8-5-18-11(13)15-8/h2-5H,1H3,(H2,13,15)(H,14,16). The van der Waals surface area contributed by atoms with Gasteiger partial charge in [-0.2, -0.15) is 0 Å². The fraction of sp³-hybridized carbons (Fsp3) is 0.0909. The van der Waals surface area contributed by atoms with Gasteiger partial charge < -0.3 is 15.8 Å². The number of nitrogens with zero attached hydrogens (tertiary/aromatic N) is 1. The highest BCUT2D eigenvalue weighted by Crippen LogP contribution is 2.28. The van der Waals surface area contributed by atoms with Gasteiger partial charge in [0, 0.05) is 17.1 Å². The lowest BCUT2D eigenvalue weighted by molar-refractivity contribution is 0.102. The number of thiazole rings is 1. The van der Waals surface area contributed by atoms with Crippen LogP contribution in [-0.4, -0.2) is 18.0 Å². The van der Waals surface area contributed by atoms with Gasteiger partial charge in [0.05, 0.1) is 11.6 Å². The maximum absolute atomic E-state index is 11.8. The second-order valence-electron chi connectivity index (χ2n) is 3.37. The van der Waals surface area contributed by atoms with Crippen molar-refractivity contribution in [2.24, 2.45) is 0 Å². The molecule has 5 nitrogen and oxygen atoms in total. The molecule has 94 valence electrons. The van der Waals surface area contributed by atoms with Gasteiger partial charge in [0.2, 0.25) is 0 Å². The number of methoxy groups -OCH3 is 1. The molecule has 1 aromatic carbocycles. The molecule has 7 heteroatoms. The third kappa shape index (κ3) is 2.80. The number of hydrogen-bond acceptors (Lipinski definition) is 5.